The molecule has 78 valence electrons. The number of nitrogens with one attached hydrogen (secondary N) is 1. The van der Waals surface area contributed by atoms with E-state index in [4.69, 9.17) is 35.0 Å². The maximum Gasteiger partial charge on any atom is 0.419 e. The molecule has 8 heteroatoms. The maximum absolute atomic E-state index is 12.2. The predicted octanol–water partition coefficient (Wildman–Crippen LogP) is 3.97. The fraction of sp³-hybridized carbons (Fsp3) is 0.167. The summed E-state index contributed by atoms with van der Waals surface area (Å²) in [4.78, 5) is 5.32. The standard InChI is InChI=1S/C6H2Cl3F3N2/c7-3-1-2(6(10,11)12)4(8)13-5(3)14-9/h1H,(H,13,14). The van der Waals surface area contributed by atoms with Gasteiger partial charge in [-0.2, -0.15) is 13.2 Å². The van der Waals surface area contributed by atoms with Crippen LogP contribution in [0.4, 0.5) is 19.0 Å². The molecule has 0 aliphatic heterocycles. The highest BCUT2D eigenvalue weighted by Crippen LogP contribution is 2.37. The van der Waals surface area contributed by atoms with Crippen molar-refractivity contribution in [3.05, 3.63) is 21.8 Å². The molecule has 1 N–H and O–H groups in total. The van der Waals surface area contributed by atoms with Crippen LogP contribution in [0.1, 0.15) is 5.56 Å². The third-order valence-electron chi connectivity index (χ3n) is 1.32. The minimum absolute atomic E-state index is 0.119. The van der Waals surface area contributed by atoms with Gasteiger partial charge in [0.05, 0.1) is 10.6 Å². The third-order valence-corrected chi connectivity index (χ3v) is 2.08. The second-order valence-corrected chi connectivity index (χ2v) is 3.20. The van der Waals surface area contributed by atoms with Crippen LogP contribution < -0.4 is 4.84 Å². The summed E-state index contributed by atoms with van der Waals surface area (Å²) >= 11 is 15.8. The Balaban J connectivity index is 3.29. The molecule has 0 aliphatic rings. The van der Waals surface area contributed by atoms with Gasteiger partial charge in [0.1, 0.15) is 5.15 Å². The molecule has 1 rings (SSSR count). The Morgan fingerprint density at radius 1 is 1.29 bits per heavy atom. The molecule has 1 heterocycles. The number of anilines is 1. The van der Waals surface area contributed by atoms with E-state index in [1.165, 1.54) is 0 Å². The van der Waals surface area contributed by atoms with Crippen molar-refractivity contribution in [1.82, 2.24) is 4.98 Å². The maximum atomic E-state index is 12.2. The summed E-state index contributed by atoms with van der Waals surface area (Å²) in [6.07, 6.45) is -4.58. The molecular weight excluding hydrogens is 263 g/mol. The highest BCUT2D eigenvalue weighted by molar-refractivity contribution is 6.36. The topological polar surface area (TPSA) is 24.9 Å². The Morgan fingerprint density at radius 2 is 1.86 bits per heavy atom. The Bertz CT molecular complexity index is 353. The van der Waals surface area contributed by atoms with Gasteiger partial charge in [0.25, 0.3) is 0 Å². The zero-order valence-electron chi connectivity index (χ0n) is 6.29. The number of halogens is 6. The smallest absolute Gasteiger partial charge is 0.281 e. The minimum atomic E-state index is -4.58. The molecule has 2 nitrogen and oxygen atoms in total. The zero-order chi connectivity index (χ0) is 10.9. The lowest BCUT2D eigenvalue weighted by Crippen LogP contribution is -2.07. The SMILES string of the molecule is FC(F)(F)c1cc(Cl)c(NCl)nc1Cl. The summed E-state index contributed by atoms with van der Waals surface area (Å²) in [6.45, 7) is 0. The van der Waals surface area contributed by atoms with Gasteiger partial charge in [-0.1, -0.05) is 23.2 Å². The molecule has 14 heavy (non-hydrogen) atoms. The van der Waals surface area contributed by atoms with Crippen molar-refractivity contribution in [2.45, 2.75) is 6.18 Å². The zero-order valence-corrected chi connectivity index (χ0v) is 8.56. The van der Waals surface area contributed by atoms with E-state index in [0.717, 1.165) is 0 Å². The molecule has 0 unspecified atom stereocenters. The first-order valence-electron chi connectivity index (χ1n) is 3.16. The molecular formula is C6H2Cl3F3N2. The molecule has 0 aromatic carbocycles. The average Bonchev–Trinajstić information content (AvgIpc) is 2.06. The molecule has 1 aromatic heterocycles. The molecule has 0 radical (unpaired) electrons. The van der Waals surface area contributed by atoms with Crippen LogP contribution in [0.2, 0.25) is 10.2 Å². The lowest BCUT2D eigenvalue weighted by molar-refractivity contribution is -0.137. The highest BCUT2D eigenvalue weighted by Gasteiger charge is 2.34. The number of rotatable bonds is 1. The first-order valence-corrected chi connectivity index (χ1v) is 4.29. The van der Waals surface area contributed by atoms with Crippen molar-refractivity contribution < 1.29 is 13.2 Å². The van der Waals surface area contributed by atoms with Crippen LogP contribution in [-0.2, 0) is 6.18 Å². The quantitative estimate of drug-likeness (QED) is 0.614. The van der Waals surface area contributed by atoms with Crippen molar-refractivity contribution in [2.75, 3.05) is 4.84 Å². The Labute approximate surface area is 92.1 Å². The number of nitrogens with zero attached hydrogens (tertiary/aromatic N) is 1. The van der Waals surface area contributed by atoms with E-state index in [-0.39, 0.29) is 10.8 Å². The van der Waals surface area contributed by atoms with E-state index in [0.29, 0.717) is 6.07 Å². The first-order chi connectivity index (χ1) is 6.36. The molecule has 0 bridgehead atoms. The lowest BCUT2D eigenvalue weighted by Gasteiger charge is -2.10. The van der Waals surface area contributed by atoms with Crippen LogP contribution in [0.3, 0.4) is 0 Å². The molecule has 0 amide bonds. The fourth-order valence-electron chi connectivity index (χ4n) is 0.731. The Morgan fingerprint density at radius 3 is 2.29 bits per heavy atom. The molecule has 0 fully saturated rings. The summed E-state index contributed by atoms with van der Waals surface area (Å²) in [6, 6.07) is 0.654. The summed E-state index contributed by atoms with van der Waals surface area (Å²) in [5.41, 5.74) is -1.10. The van der Waals surface area contributed by atoms with Crippen LogP contribution >= 0.6 is 35.0 Å². The van der Waals surface area contributed by atoms with Crippen molar-refractivity contribution in [3.8, 4) is 0 Å². The minimum Gasteiger partial charge on any atom is -0.281 e. The molecule has 0 spiro atoms. The largest absolute Gasteiger partial charge is 0.419 e. The third kappa shape index (κ3) is 2.34. The molecule has 0 atom stereocenters. The van der Waals surface area contributed by atoms with Crippen LogP contribution in [0.25, 0.3) is 0 Å². The van der Waals surface area contributed by atoms with Gasteiger partial charge in [0.2, 0.25) is 0 Å². The summed E-state index contributed by atoms with van der Waals surface area (Å²) < 4.78 is 36.7. The molecule has 0 saturated carbocycles. The van der Waals surface area contributed by atoms with Gasteiger partial charge < -0.3 is 0 Å². The van der Waals surface area contributed by atoms with Gasteiger partial charge in [-0.3, -0.25) is 4.84 Å². The van der Waals surface area contributed by atoms with Crippen LogP contribution in [-0.4, -0.2) is 4.98 Å². The summed E-state index contributed by atoms with van der Waals surface area (Å²) in [7, 11) is 0. The number of alkyl halides is 3. The second kappa shape index (κ2) is 4.00. The van der Waals surface area contributed by atoms with Crippen LogP contribution in [0, 0.1) is 0 Å². The highest BCUT2D eigenvalue weighted by atomic mass is 35.5. The van der Waals surface area contributed by atoms with Crippen molar-refractivity contribution >= 4 is 40.8 Å². The number of hydrogen-bond acceptors (Lipinski definition) is 2. The average molecular weight is 265 g/mol. The monoisotopic (exact) mass is 264 g/mol. The van der Waals surface area contributed by atoms with Gasteiger partial charge in [-0.25, -0.2) is 4.98 Å². The second-order valence-electron chi connectivity index (χ2n) is 2.25. The van der Waals surface area contributed by atoms with Gasteiger partial charge in [0, 0.05) is 11.8 Å². The summed E-state index contributed by atoms with van der Waals surface area (Å²) in [5, 5.41) is -0.957. The van der Waals surface area contributed by atoms with Crippen molar-refractivity contribution in [2.24, 2.45) is 0 Å². The van der Waals surface area contributed by atoms with E-state index in [1.807, 2.05) is 4.84 Å². The van der Waals surface area contributed by atoms with E-state index in [1.54, 1.807) is 0 Å². The van der Waals surface area contributed by atoms with Crippen LogP contribution in [0.5, 0.6) is 0 Å². The van der Waals surface area contributed by atoms with Crippen molar-refractivity contribution in [3.63, 3.8) is 0 Å². The van der Waals surface area contributed by atoms with Gasteiger partial charge in [0.15, 0.2) is 5.82 Å². The predicted molar refractivity (Wildman–Crippen MR) is 48.7 cm³/mol. The Kier molecular flexibility index (Phi) is 3.34. The Hall–Kier alpha value is -0.390. The number of hydrogen-bond donors (Lipinski definition) is 1. The van der Waals surface area contributed by atoms with E-state index < -0.39 is 16.9 Å². The van der Waals surface area contributed by atoms with E-state index in [2.05, 4.69) is 4.98 Å². The lowest BCUT2D eigenvalue weighted by atomic mass is 10.3. The normalized spacial score (nSPS) is 11.6. The number of aromatic nitrogens is 1. The van der Waals surface area contributed by atoms with Gasteiger partial charge >= 0.3 is 6.18 Å². The molecule has 1 aromatic rings. The van der Waals surface area contributed by atoms with Gasteiger partial charge in [-0.05, 0) is 6.07 Å². The molecule has 0 aliphatic carbocycles. The van der Waals surface area contributed by atoms with Gasteiger partial charge in [-0.15, -0.1) is 0 Å². The molecule has 0 saturated heterocycles. The fourth-order valence-corrected chi connectivity index (χ4v) is 1.37. The first kappa shape index (κ1) is 11.7. The van der Waals surface area contributed by atoms with Crippen molar-refractivity contribution in [1.29, 1.82) is 0 Å². The van der Waals surface area contributed by atoms with Crippen LogP contribution in [0.15, 0.2) is 6.07 Å². The number of pyridine rings is 1. The van der Waals surface area contributed by atoms with E-state index >= 15 is 0 Å². The summed E-state index contributed by atoms with van der Waals surface area (Å²) in [5.74, 6) is -0.119. The van der Waals surface area contributed by atoms with E-state index in [9.17, 15) is 13.2 Å².